The van der Waals surface area contributed by atoms with Crippen LogP contribution in [-0.4, -0.2) is 39.4 Å². The largest absolute Gasteiger partial charge is 0.465 e. The number of carbonyl (C=O) groups is 2. The SMILES string of the molecule is CCOC(=O)Cn1c(-c2ccc(Cl)cc2)nn(CC(=O)NCCc2ccccc2C(F)(F)F)c1=O. The van der Waals surface area contributed by atoms with E-state index in [9.17, 15) is 27.6 Å². The number of hydrogen-bond donors (Lipinski definition) is 1. The molecule has 0 atom stereocenters. The highest BCUT2D eigenvalue weighted by atomic mass is 35.5. The fraction of sp³-hybridized carbons (Fsp3) is 0.304. The Hall–Kier alpha value is -3.60. The van der Waals surface area contributed by atoms with E-state index in [0.717, 1.165) is 15.3 Å². The van der Waals surface area contributed by atoms with E-state index in [4.69, 9.17) is 16.3 Å². The van der Waals surface area contributed by atoms with E-state index in [1.165, 1.54) is 18.2 Å². The van der Waals surface area contributed by atoms with Gasteiger partial charge >= 0.3 is 17.8 Å². The molecule has 1 N–H and O–H groups in total. The van der Waals surface area contributed by atoms with Crippen LogP contribution in [0.5, 0.6) is 0 Å². The summed E-state index contributed by atoms with van der Waals surface area (Å²) in [6.07, 6.45) is -4.55. The van der Waals surface area contributed by atoms with Crippen LogP contribution in [0.4, 0.5) is 13.2 Å². The number of nitrogens with one attached hydrogen (secondary N) is 1. The second kappa shape index (κ2) is 11.2. The summed E-state index contributed by atoms with van der Waals surface area (Å²) in [6.45, 7) is 0.768. The Morgan fingerprint density at radius 2 is 1.77 bits per heavy atom. The molecule has 0 bridgehead atoms. The van der Waals surface area contributed by atoms with E-state index in [0.29, 0.717) is 10.6 Å². The molecule has 0 saturated carbocycles. The molecule has 35 heavy (non-hydrogen) atoms. The molecular formula is C23H22ClF3N4O4. The van der Waals surface area contributed by atoms with Gasteiger partial charge in [-0.05, 0) is 49.2 Å². The van der Waals surface area contributed by atoms with Crippen LogP contribution in [0.1, 0.15) is 18.1 Å². The van der Waals surface area contributed by atoms with Crippen molar-refractivity contribution in [2.75, 3.05) is 13.2 Å². The molecule has 12 heteroatoms. The van der Waals surface area contributed by atoms with Gasteiger partial charge in [0, 0.05) is 17.1 Å². The minimum Gasteiger partial charge on any atom is -0.465 e. The Morgan fingerprint density at radius 3 is 2.43 bits per heavy atom. The number of rotatable bonds is 9. The fourth-order valence-electron chi connectivity index (χ4n) is 3.38. The molecule has 0 radical (unpaired) electrons. The molecule has 186 valence electrons. The van der Waals surface area contributed by atoms with Crippen LogP contribution in [0.3, 0.4) is 0 Å². The van der Waals surface area contributed by atoms with Crippen molar-refractivity contribution in [3.05, 3.63) is 75.2 Å². The first-order chi connectivity index (χ1) is 16.6. The summed E-state index contributed by atoms with van der Waals surface area (Å²) in [5, 5.41) is 7.14. The van der Waals surface area contributed by atoms with Gasteiger partial charge in [0.15, 0.2) is 5.82 Å². The van der Waals surface area contributed by atoms with Gasteiger partial charge in [-0.25, -0.2) is 9.48 Å². The van der Waals surface area contributed by atoms with Crippen LogP contribution in [0, 0.1) is 0 Å². The Bertz CT molecular complexity index is 1250. The number of amides is 1. The zero-order valence-corrected chi connectivity index (χ0v) is 19.4. The molecule has 0 unspecified atom stereocenters. The van der Waals surface area contributed by atoms with E-state index in [1.54, 1.807) is 31.2 Å². The molecule has 1 aromatic heterocycles. The zero-order valence-electron chi connectivity index (χ0n) is 18.6. The van der Waals surface area contributed by atoms with E-state index in [-0.39, 0.29) is 31.0 Å². The number of halogens is 4. The average molecular weight is 511 g/mol. The topological polar surface area (TPSA) is 95.2 Å². The highest BCUT2D eigenvalue weighted by Gasteiger charge is 2.32. The van der Waals surface area contributed by atoms with Crippen molar-refractivity contribution in [1.82, 2.24) is 19.7 Å². The number of hydrogen-bond acceptors (Lipinski definition) is 5. The van der Waals surface area contributed by atoms with Gasteiger partial charge in [-0.2, -0.15) is 13.2 Å². The molecule has 0 aliphatic carbocycles. The second-order valence-corrected chi connectivity index (χ2v) is 7.85. The molecule has 8 nitrogen and oxygen atoms in total. The van der Waals surface area contributed by atoms with Crippen LogP contribution in [-0.2, 0) is 40.0 Å². The summed E-state index contributed by atoms with van der Waals surface area (Å²) >= 11 is 5.91. The Labute approximate surface area is 203 Å². The number of ether oxygens (including phenoxy) is 1. The normalized spacial score (nSPS) is 11.3. The number of benzene rings is 2. The zero-order chi connectivity index (χ0) is 25.6. The van der Waals surface area contributed by atoms with E-state index < -0.39 is 42.4 Å². The highest BCUT2D eigenvalue weighted by Crippen LogP contribution is 2.31. The third-order valence-electron chi connectivity index (χ3n) is 4.95. The van der Waals surface area contributed by atoms with Crippen molar-refractivity contribution in [2.45, 2.75) is 32.6 Å². The van der Waals surface area contributed by atoms with E-state index in [1.807, 2.05) is 0 Å². The summed E-state index contributed by atoms with van der Waals surface area (Å²) in [6, 6.07) is 11.5. The highest BCUT2D eigenvalue weighted by molar-refractivity contribution is 6.30. The number of esters is 1. The summed E-state index contributed by atoms with van der Waals surface area (Å²) in [4.78, 5) is 37.3. The first-order valence-electron chi connectivity index (χ1n) is 10.6. The Balaban J connectivity index is 1.75. The van der Waals surface area contributed by atoms with Crippen LogP contribution in [0.2, 0.25) is 5.02 Å². The monoisotopic (exact) mass is 510 g/mol. The molecule has 0 aliphatic rings. The third kappa shape index (κ3) is 6.72. The number of nitrogens with zero attached hydrogens (tertiary/aromatic N) is 3. The van der Waals surface area contributed by atoms with Crippen molar-refractivity contribution in [3.8, 4) is 11.4 Å². The standard InChI is InChI=1S/C23H22ClF3N4O4/c1-2-35-20(33)14-30-21(16-7-9-17(24)10-8-16)29-31(22(30)34)13-19(32)28-12-11-15-5-3-4-6-18(15)23(25,26)27/h3-10H,2,11-14H2,1H3,(H,28,32). The maximum atomic E-state index is 13.1. The van der Waals surface area contributed by atoms with Crippen molar-refractivity contribution in [3.63, 3.8) is 0 Å². The lowest BCUT2D eigenvalue weighted by Crippen LogP contribution is -2.35. The minimum atomic E-state index is -4.50. The molecule has 1 amide bonds. The number of aromatic nitrogens is 3. The van der Waals surface area contributed by atoms with Gasteiger partial charge in [0.1, 0.15) is 13.1 Å². The fourth-order valence-corrected chi connectivity index (χ4v) is 3.50. The summed E-state index contributed by atoms with van der Waals surface area (Å²) in [5.41, 5.74) is -0.962. The van der Waals surface area contributed by atoms with Crippen molar-refractivity contribution in [2.24, 2.45) is 0 Å². The van der Waals surface area contributed by atoms with Crippen LogP contribution in [0.15, 0.2) is 53.3 Å². The smallest absolute Gasteiger partial charge is 0.416 e. The van der Waals surface area contributed by atoms with Gasteiger partial charge in [0.05, 0.1) is 12.2 Å². The van der Waals surface area contributed by atoms with Crippen LogP contribution in [0.25, 0.3) is 11.4 Å². The first kappa shape index (κ1) is 26.0. The molecule has 1 heterocycles. The van der Waals surface area contributed by atoms with E-state index in [2.05, 4.69) is 10.4 Å². The molecule has 3 rings (SSSR count). The molecule has 0 aliphatic heterocycles. The van der Waals surface area contributed by atoms with Crippen LogP contribution >= 0.6 is 11.6 Å². The Morgan fingerprint density at radius 1 is 1.09 bits per heavy atom. The predicted octanol–water partition coefficient (Wildman–Crippen LogP) is 3.31. The maximum absolute atomic E-state index is 13.1. The summed E-state index contributed by atoms with van der Waals surface area (Å²) in [5.74, 6) is -1.15. The van der Waals surface area contributed by atoms with Gasteiger partial charge < -0.3 is 10.1 Å². The molecule has 0 fully saturated rings. The average Bonchev–Trinajstić information content (AvgIpc) is 3.09. The van der Waals surface area contributed by atoms with Crippen molar-refractivity contribution in [1.29, 1.82) is 0 Å². The van der Waals surface area contributed by atoms with Crippen LogP contribution < -0.4 is 11.0 Å². The molecular weight excluding hydrogens is 489 g/mol. The first-order valence-corrected chi connectivity index (χ1v) is 11.0. The number of carbonyl (C=O) groups excluding carboxylic acids is 2. The Kier molecular flexibility index (Phi) is 8.34. The van der Waals surface area contributed by atoms with Gasteiger partial charge in [0.2, 0.25) is 5.91 Å². The molecule has 0 saturated heterocycles. The number of alkyl halides is 3. The molecule has 2 aromatic carbocycles. The second-order valence-electron chi connectivity index (χ2n) is 7.42. The molecule has 0 spiro atoms. The van der Waals surface area contributed by atoms with Gasteiger partial charge in [-0.15, -0.1) is 5.10 Å². The lowest BCUT2D eigenvalue weighted by molar-refractivity contribution is -0.144. The van der Waals surface area contributed by atoms with Gasteiger partial charge in [-0.1, -0.05) is 29.8 Å². The summed E-state index contributed by atoms with van der Waals surface area (Å²) < 4.78 is 46.3. The lowest BCUT2D eigenvalue weighted by Gasteiger charge is -2.12. The maximum Gasteiger partial charge on any atom is 0.416 e. The van der Waals surface area contributed by atoms with Crippen molar-refractivity contribution >= 4 is 23.5 Å². The molecule has 3 aromatic rings. The third-order valence-corrected chi connectivity index (χ3v) is 5.20. The lowest BCUT2D eigenvalue weighted by atomic mass is 10.0. The van der Waals surface area contributed by atoms with Gasteiger partial charge in [-0.3, -0.25) is 14.2 Å². The van der Waals surface area contributed by atoms with E-state index >= 15 is 0 Å². The predicted molar refractivity (Wildman–Crippen MR) is 122 cm³/mol. The summed E-state index contributed by atoms with van der Waals surface area (Å²) in [7, 11) is 0. The van der Waals surface area contributed by atoms with Gasteiger partial charge in [0.25, 0.3) is 0 Å². The minimum absolute atomic E-state index is 0.0428. The van der Waals surface area contributed by atoms with Crippen molar-refractivity contribution < 1.29 is 27.5 Å². The quantitative estimate of drug-likeness (QED) is 0.446.